The number of rotatable bonds is 4. The van der Waals surface area contributed by atoms with E-state index in [4.69, 9.17) is 9.15 Å². The fraction of sp³-hybridized carbons (Fsp3) is 0.250. The smallest absolute Gasteiger partial charge is 0.198 e. The van der Waals surface area contributed by atoms with Crippen LogP contribution < -0.4 is 10.2 Å². The molecule has 8 nitrogen and oxygen atoms in total. The summed E-state index contributed by atoms with van der Waals surface area (Å²) in [6.07, 6.45) is 3.29. The van der Waals surface area contributed by atoms with Crippen molar-refractivity contribution in [2.24, 2.45) is 0 Å². The summed E-state index contributed by atoms with van der Waals surface area (Å²) in [5.74, 6) is 1.80. The lowest BCUT2D eigenvalue weighted by Gasteiger charge is -2.29. The summed E-state index contributed by atoms with van der Waals surface area (Å²) in [7, 11) is 0. The van der Waals surface area contributed by atoms with E-state index in [1.165, 1.54) is 5.69 Å². The van der Waals surface area contributed by atoms with Crippen molar-refractivity contribution in [1.82, 2.24) is 20.2 Å². The van der Waals surface area contributed by atoms with Gasteiger partial charge in [-0.15, -0.1) is 0 Å². The van der Waals surface area contributed by atoms with Crippen LogP contribution in [0.5, 0.6) is 0 Å². The van der Waals surface area contributed by atoms with Crippen molar-refractivity contribution in [2.45, 2.75) is 6.92 Å². The third-order valence-electron chi connectivity index (χ3n) is 4.88. The van der Waals surface area contributed by atoms with Gasteiger partial charge < -0.3 is 19.4 Å². The van der Waals surface area contributed by atoms with Crippen LogP contribution in [0.3, 0.4) is 0 Å². The molecule has 0 spiro atoms. The van der Waals surface area contributed by atoms with Gasteiger partial charge in [-0.2, -0.15) is 5.10 Å². The number of hydrogen-bond donors (Lipinski definition) is 2. The summed E-state index contributed by atoms with van der Waals surface area (Å²) < 4.78 is 10.9. The number of hydrogen-bond acceptors (Lipinski definition) is 7. The van der Waals surface area contributed by atoms with E-state index < -0.39 is 0 Å². The minimum absolute atomic E-state index is 0.518. The number of morpholine rings is 1. The second-order valence-corrected chi connectivity index (χ2v) is 6.73. The van der Waals surface area contributed by atoms with Crippen LogP contribution in [0.4, 0.5) is 17.2 Å². The fourth-order valence-corrected chi connectivity index (χ4v) is 3.38. The zero-order chi connectivity index (χ0) is 18.9. The molecule has 4 aromatic rings. The fourth-order valence-electron chi connectivity index (χ4n) is 3.38. The van der Waals surface area contributed by atoms with Gasteiger partial charge in [0.1, 0.15) is 11.0 Å². The number of H-pyrrole nitrogens is 1. The zero-order valence-corrected chi connectivity index (χ0v) is 15.5. The van der Waals surface area contributed by atoms with Crippen LogP contribution >= 0.6 is 0 Å². The summed E-state index contributed by atoms with van der Waals surface area (Å²) in [6.45, 7) is 5.46. The van der Waals surface area contributed by atoms with Crippen molar-refractivity contribution in [1.29, 1.82) is 0 Å². The number of ether oxygens (including phenoxy) is 1. The Balaban J connectivity index is 1.49. The highest BCUT2D eigenvalue weighted by molar-refractivity contribution is 5.88. The number of anilines is 3. The van der Waals surface area contributed by atoms with Gasteiger partial charge in [0.05, 0.1) is 25.7 Å². The molecule has 0 amide bonds. The molecule has 0 bridgehead atoms. The van der Waals surface area contributed by atoms with Gasteiger partial charge in [-0.3, -0.25) is 5.10 Å². The van der Waals surface area contributed by atoms with E-state index >= 15 is 0 Å². The van der Waals surface area contributed by atoms with Crippen molar-refractivity contribution in [2.75, 3.05) is 36.5 Å². The molecular formula is C20H20N6O2. The molecule has 142 valence electrons. The molecule has 0 aliphatic carbocycles. The Kier molecular flexibility index (Phi) is 4.17. The Bertz CT molecular complexity index is 1100. The van der Waals surface area contributed by atoms with Crippen LogP contribution in [0.1, 0.15) is 5.56 Å². The van der Waals surface area contributed by atoms with Crippen LogP contribution in [-0.2, 0) is 4.74 Å². The number of fused-ring (bicyclic) bond motifs is 1. The van der Waals surface area contributed by atoms with Gasteiger partial charge in [0.25, 0.3) is 0 Å². The molecule has 5 rings (SSSR count). The van der Waals surface area contributed by atoms with Crippen LogP contribution in [0.15, 0.2) is 47.2 Å². The number of furan rings is 1. The lowest BCUT2D eigenvalue weighted by atomic mass is 10.1. The van der Waals surface area contributed by atoms with Crippen molar-refractivity contribution in [3.05, 3.63) is 48.4 Å². The molecule has 0 saturated carbocycles. The molecule has 4 heterocycles. The Morgan fingerprint density at radius 2 is 2.04 bits per heavy atom. The quantitative estimate of drug-likeness (QED) is 0.563. The molecule has 8 heteroatoms. The number of nitrogens with one attached hydrogen (secondary N) is 2. The summed E-state index contributed by atoms with van der Waals surface area (Å²) in [4.78, 5) is 11.5. The maximum Gasteiger partial charge on any atom is 0.198 e. The first kappa shape index (κ1) is 16.8. The first-order chi connectivity index (χ1) is 13.8. The molecule has 0 radical (unpaired) electrons. The average molecular weight is 376 g/mol. The second kappa shape index (κ2) is 6.97. The van der Waals surface area contributed by atoms with Crippen molar-refractivity contribution in [3.63, 3.8) is 0 Å². The number of nitrogens with zero attached hydrogens (tertiary/aromatic N) is 4. The molecule has 2 N–H and O–H groups in total. The van der Waals surface area contributed by atoms with Gasteiger partial charge in [0.2, 0.25) is 0 Å². The average Bonchev–Trinajstić information content (AvgIpc) is 3.42. The first-order valence-electron chi connectivity index (χ1n) is 9.23. The van der Waals surface area contributed by atoms with Crippen molar-refractivity contribution < 1.29 is 9.15 Å². The maximum atomic E-state index is 5.46. The number of aromatic amines is 1. The third kappa shape index (κ3) is 3.07. The molecule has 1 aliphatic rings. The van der Waals surface area contributed by atoms with Gasteiger partial charge in [0, 0.05) is 24.5 Å². The number of aromatic nitrogens is 4. The van der Waals surface area contributed by atoms with E-state index in [0.29, 0.717) is 17.4 Å². The molecule has 1 aliphatic heterocycles. The van der Waals surface area contributed by atoms with Gasteiger partial charge >= 0.3 is 0 Å². The molecule has 0 unspecified atom stereocenters. The molecule has 1 fully saturated rings. The van der Waals surface area contributed by atoms with Crippen LogP contribution in [-0.4, -0.2) is 46.5 Å². The van der Waals surface area contributed by atoms with E-state index in [1.54, 1.807) is 12.5 Å². The topological polar surface area (TPSA) is 92.1 Å². The normalized spacial score (nSPS) is 14.5. The van der Waals surface area contributed by atoms with E-state index in [-0.39, 0.29) is 0 Å². The maximum absolute atomic E-state index is 5.46. The predicted octanol–water partition coefficient (Wildman–Crippen LogP) is 3.50. The third-order valence-corrected chi connectivity index (χ3v) is 4.88. The molecule has 1 aromatic carbocycles. The minimum atomic E-state index is 0.518. The van der Waals surface area contributed by atoms with E-state index in [9.17, 15) is 0 Å². The predicted molar refractivity (Wildman–Crippen MR) is 107 cm³/mol. The molecular weight excluding hydrogens is 356 g/mol. The van der Waals surface area contributed by atoms with Crippen LogP contribution in [0, 0.1) is 6.92 Å². The van der Waals surface area contributed by atoms with Gasteiger partial charge in [-0.05, 0) is 42.8 Å². The van der Waals surface area contributed by atoms with E-state index in [2.05, 4.69) is 55.5 Å². The highest BCUT2D eigenvalue weighted by Gasteiger charge is 2.15. The number of benzene rings is 1. The van der Waals surface area contributed by atoms with Crippen LogP contribution in [0.25, 0.3) is 22.6 Å². The Hall–Kier alpha value is -3.39. The van der Waals surface area contributed by atoms with Gasteiger partial charge in [0.15, 0.2) is 17.4 Å². The highest BCUT2D eigenvalue weighted by atomic mass is 16.5. The Labute approximate surface area is 161 Å². The first-order valence-corrected chi connectivity index (χ1v) is 9.23. The standard InChI is InChI=1S/C20H20N6O2/c1-13-11-14(26-6-9-27-10-7-26)4-5-15(13)22-20-18-16(12-21-25-18)23-19(24-20)17-3-2-8-28-17/h2-5,8,11-12H,6-7,9-10H2,1H3,(H,21,25)(H,22,23,24). The monoisotopic (exact) mass is 376 g/mol. The van der Waals surface area contributed by atoms with Crippen molar-refractivity contribution in [3.8, 4) is 11.6 Å². The second-order valence-electron chi connectivity index (χ2n) is 6.73. The number of aryl methyl sites for hydroxylation is 1. The van der Waals surface area contributed by atoms with Gasteiger partial charge in [-0.1, -0.05) is 0 Å². The summed E-state index contributed by atoms with van der Waals surface area (Å²) in [5, 5.41) is 10.5. The molecule has 1 saturated heterocycles. The molecule has 0 atom stereocenters. The summed E-state index contributed by atoms with van der Waals surface area (Å²) in [5.41, 5.74) is 4.81. The summed E-state index contributed by atoms with van der Waals surface area (Å²) >= 11 is 0. The zero-order valence-electron chi connectivity index (χ0n) is 15.5. The van der Waals surface area contributed by atoms with Crippen LogP contribution in [0.2, 0.25) is 0 Å². The van der Waals surface area contributed by atoms with E-state index in [0.717, 1.165) is 48.6 Å². The SMILES string of the molecule is Cc1cc(N2CCOCC2)ccc1Nc1nc(-c2ccco2)nc2cn[nH]c12. The molecule has 3 aromatic heterocycles. The highest BCUT2D eigenvalue weighted by Crippen LogP contribution is 2.29. The molecule has 28 heavy (non-hydrogen) atoms. The van der Waals surface area contributed by atoms with E-state index in [1.807, 2.05) is 12.1 Å². The lowest BCUT2D eigenvalue weighted by molar-refractivity contribution is 0.122. The Morgan fingerprint density at radius 1 is 1.14 bits per heavy atom. The largest absolute Gasteiger partial charge is 0.461 e. The lowest BCUT2D eigenvalue weighted by Crippen LogP contribution is -2.36. The van der Waals surface area contributed by atoms with Crippen molar-refractivity contribution >= 4 is 28.2 Å². The minimum Gasteiger partial charge on any atom is -0.461 e. The summed E-state index contributed by atoms with van der Waals surface area (Å²) in [6, 6.07) is 10.1. The Morgan fingerprint density at radius 3 is 2.82 bits per heavy atom. The van der Waals surface area contributed by atoms with Gasteiger partial charge in [-0.25, -0.2) is 9.97 Å².